The summed E-state index contributed by atoms with van der Waals surface area (Å²) in [4.78, 5) is 1.39. The van der Waals surface area contributed by atoms with E-state index in [1.165, 1.54) is 36.1 Å². The molecule has 0 aliphatic heterocycles. The molecule has 1 aromatic carbocycles. The van der Waals surface area contributed by atoms with Crippen molar-refractivity contribution >= 4 is 11.8 Å². The molecule has 1 atom stereocenters. The second kappa shape index (κ2) is 5.04. The van der Waals surface area contributed by atoms with Crippen molar-refractivity contribution in [2.24, 2.45) is 5.73 Å². The molecule has 1 fully saturated rings. The van der Waals surface area contributed by atoms with Gasteiger partial charge in [-0.05, 0) is 37.5 Å². The molecule has 1 aromatic rings. The third-order valence-corrected chi connectivity index (χ3v) is 4.36. The first-order valence-electron chi connectivity index (χ1n) is 5.78. The predicted molar refractivity (Wildman–Crippen MR) is 67.2 cm³/mol. The van der Waals surface area contributed by atoms with Gasteiger partial charge in [-0.1, -0.05) is 25.0 Å². The Morgan fingerprint density at radius 3 is 2.33 bits per heavy atom. The molecular weight excluding hydrogens is 202 g/mol. The lowest BCUT2D eigenvalue weighted by molar-refractivity contribution is 0.816. The van der Waals surface area contributed by atoms with E-state index in [2.05, 4.69) is 24.3 Å². The van der Waals surface area contributed by atoms with E-state index >= 15 is 0 Å². The standard InChI is InChI=1S/C13H19NS/c1-10(14)11-6-8-13(9-7-11)15-12-4-2-3-5-12/h6-10,12H,2-5,14H2,1H3/t10-/m1/s1. The second-order valence-corrected chi connectivity index (χ2v) is 5.76. The zero-order valence-electron chi connectivity index (χ0n) is 9.28. The first-order chi connectivity index (χ1) is 7.25. The fourth-order valence-corrected chi connectivity index (χ4v) is 3.30. The minimum Gasteiger partial charge on any atom is -0.324 e. The van der Waals surface area contributed by atoms with Crippen molar-refractivity contribution in [3.05, 3.63) is 29.8 Å². The molecule has 1 aliphatic rings. The highest BCUT2D eigenvalue weighted by Crippen LogP contribution is 2.34. The van der Waals surface area contributed by atoms with Crippen LogP contribution in [0.1, 0.15) is 44.2 Å². The largest absolute Gasteiger partial charge is 0.324 e. The highest BCUT2D eigenvalue weighted by atomic mass is 32.2. The Labute approximate surface area is 96.4 Å². The Kier molecular flexibility index (Phi) is 3.71. The lowest BCUT2D eigenvalue weighted by Crippen LogP contribution is -2.04. The van der Waals surface area contributed by atoms with Crippen LogP contribution < -0.4 is 5.73 Å². The molecule has 15 heavy (non-hydrogen) atoms. The number of hydrogen-bond donors (Lipinski definition) is 1. The van der Waals surface area contributed by atoms with Gasteiger partial charge in [0, 0.05) is 16.2 Å². The molecule has 2 heteroatoms. The molecule has 0 aromatic heterocycles. The minimum atomic E-state index is 0.149. The van der Waals surface area contributed by atoms with E-state index in [-0.39, 0.29) is 6.04 Å². The van der Waals surface area contributed by atoms with E-state index in [0.29, 0.717) is 0 Å². The number of benzene rings is 1. The van der Waals surface area contributed by atoms with Gasteiger partial charge in [0.15, 0.2) is 0 Å². The average molecular weight is 221 g/mol. The second-order valence-electron chi connectivity index (χ2n) is 4.38. The van der Waals surface area contributed by atoms with Crippen LogP contribution in [0.2, 0.25) is 0 Å². The summed E-state index contributed by atoms with van der Waals surface area (Å²) in [7, 11) is 0. The molecule has 2 N–H and O–H groups in total. The van der Waals surface area contributed by atoms with Crippen LogP contribution in [0.4, 0.5) is 0 Å². The summed E-state index contributed by atoms with van der Waals surface area (Å²) in [5, 5.41) is 0.853. The van der Waals surface area contributed by atoms with Gasteiger partial charge in [-0.15, -0.1) is 11.8 Å². The van der Waals surface area contributed by atoms with Crippen LogP contribution in [-0.4, -0.2) is 5.25 Å². The lowest BCUT2D eigenvalue weighted by atomic mass is 10.1. The highest BCUT2D eigenvalue weighted by molar-refractivity contribution is 8.00. The van der Waals surface area contributed by atoms with E-state index in [1.54, 1.807) is 0 Å². The van der Waals surface area contributed by atoms with Crippen LogP contribution >= 0.6 is 11.8 Å². The third kappa shape index (κ3) is 2.99. The Hall–Kier alpha value is -0.470. The summed E-state index contributed by atoms with van der Waals surface area (Å²) < 4.78 is 0. The molecule has 0 amide bonds. The summed E-state index contributed by atoms with van der Waals surface area (Å²) >= 11 is 2.03. The fourth-order valence-electron chi connectivity index (χ4n) is 2.05. The normalized spacial score (nSPS) is 19.3. The van der Waals surface area contributed by atoms with Gasteiger partial charge in [0.1, 0.15) is 0 Å². The van der Waals surface area contributed by atoms with Gasteiger partial charge in [0.25, 0.3) is 0 Å². The summed E-state index contributed by atoms with van der Waals surface area (Å²) in [6.07, 6.45) is 5.60. The van der Waals surface area contributed by atoms with E-state index in [1.807, 2.05) is 18.7 Å². The van der Waals surface area contributed by atoms with Crippen LogP contribution in [0, 0.1) is 0 Å². The van der Waals surface area contributed by atoms with Gasteiger partial charge >= 0.3 is 0 Å². The van der Waals surface area contributed by atoms with E-state index in [9.17, 15) is 0 Å². The molecule has 82 valence electrons. The maximum atomic E-state index is 5.82. The maximum Gasteiger partial charge on any atom is 0.0266 e. The summed E-state index contributed by atoms with van der Waals surface area (Å²) in [6.45, 7) is 2.03. The smallest absolute Gasteiger partial charge is 0.0266 e. The van der Waals surface area contributed by atoms with Crippen LogP contribution in [0.3, 0.4) is 0 Å². The van der Waals surface area contributed by atoms with Crippen LogP contribution in [-0.2, 0) is 0 Å². The van der Waals surface area contributed by atoms with Gasteiger partial charge in [-0.2, -0.15) is 0 Å². The van der Waals surface area contributed by atoms with Crippen molar-refractivity contribution < 1.29 is 0 Å². The Morgan fingerprint density at radius 1 is 1.20 bits per heavy atom. The van der Waals surface area contributed by atoms with Gasteiger partial charge in [-0.25, -0.2) is 0 Å². The summed E-state index contributed by atoms with van der Waals surface area (Å²) in [5.74, 6) is 0. The van der Waals surface area contributed by atoms with E-state index in [4.69, 9.17) is 5.73 Å². The quantitative estimate of drug-likeness (QED) is 0.841. The molecular formula is C13H19NS. The predicted octanol–water partition coefficient (Wildman–Crippen LogP) is 3.74. The van der Waals surface area contributed by atoms with Crippen molar-refractivity contribution in [3.63, 3.8) is 0 Å². The van der Waals surface area contributed by atoms with Crippen molar-refractivity contribution in [2.45, 2.75) is 48.8 Å². The summed E-state index contributed by atoms with van der Waals surface area (Å²) in [5.41, 5.74) is 7.05. The van der Waals surface area contributed by atoms with E-state index < -0.39 is 0 Å². The summed E-state index contributed by atoms with van der Waals surface area (Å²) in [6, 6.07) is 8.88. The van der Waals surface area contributed by atoms with Gasteiger partial charge in [0.2, 0.25) is 0 Å². The number of rotatable bonds is 3. The maximum absolute atomic E-state index is 5.82. The van der Waals surface area contributed by atoms with Crippen LogP contribution in [0.5, 0.6) is 0 Å². The van der Waals surface area contributed by atoms with Crippen molar-refractivity contribution in [2.75, 3.05) is 0 Å². The van der Waals surface area contributed by atoms with Crippen LogP contribution in [0.15, 0.2) is 29.2 Å². The number of hydrogen-bond acceptors (Lipinski definition) is 2. The molecule has 1 saturated carbocycles. The first kappa shape index (κ1) is 11.0. The fraction of sp³-hybridized carbons (Fsp3) is 0.538. The van der Waals surface area contributed by atoms with Crippen LogP contribution in [0.25, 0.3) is 0 Å². The monoisotopic (exact) mass is 221 g/mol. The molecule has 0 radical (unpaired) electrons. The average Bonchev–Trinajstić information content (AvgIpc) is 2.71. The molecule has 0 heterocycles. The number of thioether (sulfide) groups is 1. The molecule has 1 nitrogen and oxygen atoms in total. The number of nitrogens with two attached hydrogens (primary N) is 1. The Bertz CT molecular complexity index is 299. The highest BCUT2D eigenvalue weighted by Gasteiger charge is 2.15. The first-order valence-corrected chi connectivity index (χ1v) is 6.66. The van der Waals surface area contributed by atoms with Crippen molar-refractivity contribution in [3.8, 4) is 0 Å². The van der Waals surface area contributed by atoms with Gasteiger partial charge in [-0.3, -0.25) is 0 Å². The molecule has 1 aliphatic carbocycles. The van der Waals surface area contributed by atoms with Crippen molar-refractivity contribution in [1.29, 1.82) is 0 Å². The molecule has 0 spiro atoms. The zero-order valence-corrected chi connectivity index (χ0v) is 10.1. The lowest BCUT2D eigenvalue weighted by Gasteiger charge is -2.10. The topological polar surface area (TPSA) is 26.0 Å². The molecule has 0 unspecified atom stereocenters. The van der Waals surface area contributed by atoms with Gasteiger partial charge < -0.3 is 5.73 Å². The Balaban J connectivity index is 1.97. The zero-order chi connectivity index (χ0) is 10.7. The van der Waals surface area contributed by atoms with Gasteiger partial charge in [0.05, 0.1) is 0 Å². The molecule has 0 saturated heterocycles. The molecule has 0 bridgehead atoms. The molecule has 2 rings (SSSR count). The van der Waals surface area contributed by atoms with E-state index in [0.717, 1.165) is 5.25 Å². The Morgan fingerprint density at radius 2 is 1.80 bits per heavy atom. The van der Waals surface area contributed by atoms with Crippen molar-refractivity contribution in [1.82, 2.24) is 0 Å². The third-order valence-electron chi connectivity index (χ3n) is 3.01. The SMILES string of the molecule is C[C@@H](N)c1ccc(SC2CCCC2)cc1. The minimum absolute atomic E-state index is 0.149.